The molecule has 0 spiro atoms. The Balaban J connectivity index is 2.13. The number of hydrogen-bond acceptors (Lipinski definition) is 3. The molecule has 1 heterocycles. The fourth-order valence-corrected chi connectivity index (χ4v) is 2.43. The Morgan fingerprint density at radius 3 is 2.83 bits per heavy atom. The number of unbranched alkanes of at least 4 members (excludes halogenated alkanes) is 1. The van der Waals surface area contributed by atoms with Crippen molar-refractivity contribution in [2.24, 2.45) is 5.73 Å². The lowest BCUT2D eigenvalue weighted by atomic mass is 10.2. The first-order valence-electron chi connectivity index (χ1n) is 6.08. The molecule has 2 rings (SSSR count). The van der Waals surface area contributed by atoms with E-state index in [9.17, 15) is 0 Å². The molecule has 0 radical (unpaired) electrons. The topological polar surface area (TPSA) is 56.7 Å². The van der Waals surface area contributed by atoms with Gasteiger partial charge in [-0.15, -0.1) is 5.10 Å². The molecule has 18 heavy (non-hydrogen) atoms. The molecule has 1 aromatic carbocycles. The number of benzene rings is 1. The van der Waals surface area contributed by atoms with Crippen LogP contribution in [0.4, 0.5) is 0 Å². The maximum Gasteiger partial charge on any atom is 0.0831 e. The van der Waals surface area contributed by atoms with Crippen molar-refractivity contribution in [1.82, 2.24) is 15.0 Å². The van der Waals surface area contributed by atoms with E-state index in [4.69, 9.17) is 5.73 Å². The summed E-state index contributed by atoms with van der Waals surface area (Å²) < 4.78 is 2.87. The maximum absolute atomic E-state index is 5.48. The summed E-state index contributed by atoms with van der Waals surface area (Å²) in [5, 5.41) is 8.34. The molecule has 4 nitrogen and oxygen atoms in total. The summed E-state index contributed by atoms with van der Waals surface area (Å²) >= 11 is 3.49. The van der Waals surface area contributed by atoms with Gasteiger partial charge in [0.2, 0.25) is 0 Å². The fourth-order valence-electron chi connectivity index (χ4n) is 1.84. The number of rotatable bonds is 5. The number of nitrogens with two attached hydrogens (primary N) is 1. The van der Waals surface area contributed by atoms with Crippen molar-refractivity contribution < 1.29 is 0 Å². The Hall–Kier alpha value is -1.20. The van der Waals surface area contributed by atoms with Crippen LogP contribution in [0, 0.1) is 6.92 Å². The SMILES string of the molecule is Cc1cc(Br)cc(-n2cc(CCCCN)nn2)c1. The third kappa shape index (κ3) is 3.40. The minimum absolute atomic E-state index is 0.735. The van der Waals surface area contributed by atoms with Gasteiger partial charge in [-0.2, -0.15) is 0 Å². The van der Waals surface area contributed by atoms with E-state index in [0.29, 0.717) is 0 Å². The molecular weight excluding hydrogens is 292 g/mol. The van der Waals surface area contributed by atoms with Gasteiger partial charge >= 0.3 is 0 Å². The van der Waals surface area contributed by atoms with E-state index in [-0.39, 0.29) is 0 Å². The Labute approximate surface area is 115 Å². The first kappa shape index (κ1) is 13.2. The second kappa shape index (κ2) is 6.11. The van der Waals surface area contributed by atoms with Gasteiger partial charge in [0.1, 0.15) is 0 Å². The Morgan fingerprint density at radius 1 is 1.28 bits per heavy atom. The molecule has 0 fully saturated rings. The molecule has 0 bridgehead atoms. The highest BCUT2D eigenvalue weighted by Crippen LogP contribution is 2.18. The molecule has 2 N–H and O–H groups in total. The average molecular weight is 309 g/mol. The zero-order valence-electron chi connectivity index (χ0n) is 10.4. The molecule has 0 amide bonds. The highest BCUT2D eigenvalue weighted by molar-refractivity contribution is 9.10. The molecule has 1 aromatic heterocycles. The van der Waals surface area contributed by atoms with Gasteiger partial charge in [0, 0.05) is 4.47 Å². The van der Waals surface area contributed by atoms with Gasteiger partial charge in [-0.05, 0) is 56.5 Å². The predicted octanol–water partition coefficient (Wildman–Crippen LogP) is 2.62. The Morgan fingerprint density at radius 2 is 2.11 bits per heavy atom. The van der Waals surface area contributed by atoms with Crippen molar-refractivity contribution in [1.29, 1.82) is 0 Å². The smallest absolute Gasteiger partial charge is 0.0831 e. The summed E-state index contributed by atoms with van der Waals surface area (Å²) in [6.45, 7) is 2.80. The summed E-state index contributed by atoms with van der Waals surface area (Å²) in [4.78, 5) is 0. The Kier molecular flexibility index (Phi) is 4.49. The van der Waals surface area contributed by atoms with Crippen LogP contribution in [0.3, 0.4) is 0 Å². The molecule has 96 valence electrons. The van der Waals surface area contributed by atoms with Gasteiger partial charge in [0.05, 0.1) is 17.6 Å². The molecule has 5 heteroatoms. The quantitative estimate of drug-likeness (QED) is 0.864. The van der Waals surface area contributed by atoms with Crippen LogP contribution < -0.4 is 5.73 Å². The van der Waals surface area contributed by atoms with Crippen LogP contribution in [0.25, 0.3) is 5.69 Å². The lowest BCUT2D eigenvalue weighted by Crippen LogP contribution is -1.99. The number of nitrogens with zero attached hydrogens (tertiary/aromatic N) is 3. The monoisotopic (exact) mass is 308 g/mol. The van der Waals surface area contributed by atoms with Crippen molar-refractivity contribution in [3.63, 3.8) is 0 Å². The van der Waals surface area contributed by atoms with Gasteiger partial charge in [-0.25, -0.2) is 4.68 Å². The van der Waals surface area contributed by atoms with Crippen LogP contribution in [-0.2, 0) is 6.42 Å². The minimum atomic E-state index is 0.735. The average Bonchev–Trinajstić information content (AvgIpc) is 2.77. The highest BCUT2D eigenvalue weighted by atomic mass is 79.9. The zero-order valence-corrected chi connectivity index (χ0v) is 12.0. The van der Waals surface area contributed by atoms with Gasteiger partial charge in [0.25, 0.3) is 0 Å². The summed E-state index contributed by atoms with van der Waals surface area (Å²) in [5.74, 6) is 0. The lowest BCUT2D eigenvalue weighted by molar-refractivity contribution is 0.727. The normalized spacial score (nSPS) is 10.8. The summed E-state index contributed by atoms with van der Waals surface area (Å²) in [6, 6.07) is 6.19. The van der Waals surface area contributed by atoms with Gasteiger partial charge < -0.3 is 5.73 Å². The van der Waals surface area contributed by atoms with Gasteiger partial charge in [-0.1, -0.05) is 21.1 Å². The van der Waals surface area contributed by atoms with Crippen molar-refractivity contribution in [2.45, 2.75) is 26.2 Å². The third-order valence-electron chi connectivity index (χ3n) is 2.72. The van der Waals surface area contributed by atoms with E-state index in [1.165, 1.54) is 5.56 Å². The number of halogens is 1. The van der Waals surface area contributed by atoms with Gasteiger partial charge in [-0.3, -0.25) is 0 Å². The molecule has 0 atom stereocenters. The molecule has 0 unspecified atom stereocenters. The molecule has 0 aliphatic heterocycles. The molecule has 0 aliphatic rings. The number of aryl methyl sites for hydroxylation is 2. The van der Waals surface area contributed by atoms with Crippen LogP contribution in [0.1, 0.15) is 24.1 Å². The molecular formula is C13H17BrN4. The maximum atomic E-state index is 5.48. The first-order chi connectivity index (χ1) is 8.69. The predicted molar refractivity (Wildman–Crippen MR) is 75.8 cm³/mol. The fraction of sp³-hybridized carbons (Fsp3) is 0.385. The third-order valence-corrected chi connectivity index (χ3v) is 3.18. The summed E-state index contributed by atoms with van der Waals surface area (Å²) in [7, 11) is 0. The highest BCUT2D eigenvalue weighted by Gasteiger charge is 2.04. The van der Waals surface area contributed by atoms with E-state index in [0.717, 1.165) is 41.7 Å². The van der Waals surface area contributed by atoms with E-state index < -0.39 is 0 Å². The van der Waals surface area contributed by atoms with Gasteiger partial charge in [0.15, 0.2) is 0 Å². The van der Waals surface area contributed by atoms with Crippen LogP contribution >= 0.6 is 15.9 Å². The van der Waals surface area contributed by atoms with E-state index in [1.54, 1.807) is 0 Å². The molecule has 2 aromatic rings. The second-order valence-electron chi connectivity index (χ2n) is 4.39. The van der Waals surface area contributed by atoms with Crippen molar-refractivity contribution >= 4 is 15.9 Å². The van der Waals surface area contributed by atoms with Crippen LogP contribution in [0.5, 0.6) is 0 Å². The largest absolute Gasteiger partial charge is 0.330 e. The first-order valence-corrected chi connectivity index (χ1v) is 6.87. The van der Waals surface area contributed by atoms with E-state index >= 15 is 0 Å². The molecule has 0 saturated heterocycles. The summed E-state index contributed by atoms with van der Waals surface area (Å²) in [5.41, 5.74) is 8.71. The van der Waals surface area contributed by atoms with Crippen molar-refractivity contribution in [3.05, 3.63) is 40.1 Å². The minimum Gasteiger partial charge on any atom is -0.330 e. The second-order valence-corrected chi connectivity index (χ2v) is 5.30. The number of hydrogen-bond donors (Lipinski definition) is 1. The molecule has 0 saturated carbocycles. The summed E-state index contributed by atoms with van der Waals surface area (Å²) in [6.07, 6.45) is 5.01. The van der Waals surface area contributed by atoms with E-state index in [1.807, 2.05) is 16.9 Å². The Bertz CT molecular complexity index is 501. The van der Waals surface area contributed by atoms with Crippen LogP contribution in [0.2, 0.25) is 0 Å². The number of aromatic nitrogens is 3. The van der Waals surface area contributed by atoms with Crippen molar-refractivity contribution in [2.75, 3.05) is 6.54 Å². The van der Waals surface area contributed by atoms with E-state index in [2.05, 4.69) is 45.3 Å². The lowest BCUT2D eigenvalue weighted by Gasteiger charge is -2.02. The van der Waals surface area contributed by atoms with Crippen LogP contribution in [-0.4, -0.2) is 21.5 Å². The standard InChI is InChI=1S/C13H17BrN4/c1-10-6-11(14)8-13(7-10)18-9-12(16-17-18)4-2-3-5-15/h6-9H,2-5,15H2,1H3. The van der Waals surface area contributed by atoms with Crippen molar-refractivity contribution in [3.8, 4) is 5.69 Å². The molecule has 0 aliphatic carbocycles. The van der Waals surface area contributed by atoms with Crippen LogP contribution in [0.15, 0.2) is 28.9 Å². The zero-order chi connectivity index (χ0) is 13.0.